The topological polar surface area (TPSA) is 3.24 Å². The smallest absolute Gasteiger partial charge is 0.0540 e. The van der Waals surface area contributed by atoms with Gasteiger partial charge in [-0.25, -0.2) is 0 Å². The standard InChI is InChI=1S/C48H33N/c1-2-14-35(15-3-1)44-23-10-11-27-48(44)49(40-20-12-19-37(32-40)42-26-13-18-34-16-4-6-21-41(34)42)39-30-28-36(29-31-39)47-33-38-17-5-7-22-43(38)45-24-8-9-25-46(45)47/h1-33H. The van der Waals surface area contributed by atoms with Crippen molar-refractivity contribution in [1.29, 1.82) is 0 Å². The summed E-state index contributed by atoms with van der Waals surface area (Å²) in [5, 5.41) is 7.59. The van der Waals surface area contributed by atoms with Gasteiger partial charge in [-0.2, -0.15) is 0 Å². The van der Waals surface area contributed by atoms with Gasteiger partial charge in [-0.05, 0) is 96.5 Å². The highest BCUT2D eigenvalue weighted by atomic mass is 15.1. The molecule has 0 saturated carbocycles. The molecule has 49 heavy (non-hydrogen) atoms. The lowest BCUT2D eigenvalue weighted by Gasteiger charge is -2.28. The summed E-state index contributed by atoms with van der Waals surface area (Å²) < 4.78 is 0. The van der Waals surface area contributed by atoms with Gasteiger partial charge in [-0.3, -0.25) is 0 Å². The van der Waals surface area contributed by atoms with Crippen LogP contribution in [0, 0.1) is 0 Å². The Morgan fingerprint density at radius 3 is 1.67 bits per heavy atom. The number of fused-ring (bicyclic) bond motifs is 4. The van der Waals surface area contributed by atoms with Crippen molar-refractivity contribution in [1.82, 2.24) is 0 Å². The molecule has 9 rings (SSSR count). The first kappa shape index (κ1) is 28.8. The molecule has 0 saturated heterocycles. The molecule has 1 nitrogen and oxygen atoms in total. The van der Waals surface area contributed by atoms with Crippen LogP contribution in [0.2, 0.25) is 0 Å². The number of rotatable bonds is 6. The molecule has 0 atom stereocenters. The third-order valence-electron chi connectivity index (χ3n) is 9.64. The summed E-state index contributed by atoms with van der Waals surface area (Å²) in [5.41, 5.74) is 10.6. The summed E-state index contributed by atoms with van der Waals surface area (Å²) in [4.78, 5) is 2.40. The molecule has 0 radical (unpaired) electrons. The molecular weight excluding hydrogens is 591 g/mol. The fraction of sp³-hybridized carbons (Fsp3) is 0. The van der Waals surface area contributed by atoms with Gasteiger partial charge < -0.3 is 4.90 Å². The monoisotopic (exact) mass is 623 g/mol. The average molecular weight is 624 g/mol. The van der Waals surface area contributed by atoms with Crippen molar-refractivity contribution in [3.05, 3.63) is 200 Å². The van der Waals surface area contributed by atoms with E-state index >= 15 is 0 Å². The van der Waals surface area contributed by atoms with Crippen molar-refractivity contribution in [3.8, 4) is 33.4 Å². The molecule has 1 heteroatoms. The highest BCUT2D eigenvalue weighted by Gasteiger charge is 2.18. The van der Waals surface area contributed by atoms with Crippen molar-refractivity contribution in [3.63, 3.8) is 0 Å². The molecular formula is C48H33N. The molecule has 0 aliphatic rings. The Hall–Kier alpha value is -6.44. The lowest BCUT2D eigenvalue weighted by atomic mass is 9.93. The van der Waals surface area contributed by atoms with Gasteiger partial charge in [0.2, 0.25) is 0 Å². The van der Waals surface area contributed by atoms with Crippen molar-refractivity contribution in [2.24, 2.45) is 0 Å². The van der Waals surface area contributed by atoms with Crippen LogP contribution >= 0.6 is 0 Å². The fourth-order valence-corrected chi connectivity index (χ4v) is 7.33. The third kappa shape index (κ3) is 5.23. The van der Waals surface area contributed by atoms with Gasteiger partial charge in [-0.15, -0.1) is 0 Å². The minimum Gasteiger partial charge on any atom is -0.310 e. The summed E-state index contributed by atoms with van der Waals surface area (Å²) in [5.74, 6) is 0. The maximum Gasteiger partial charge on any atom is 0.0540 e. The first-order valence-corrected chi connectivity index (χ1v) is 16.9. The van der Waals surface area contributed by atoms with E-state index in [4.69, 9.17) is 0 Å². The van der Waals surface area contributed by atoms with Gasteiger partial charge in [0.25, 0.3) is 0 Å². The first-order valence-electron chi connectivity index (χ1n) is 16.9. The molecule has 0 spiro atoms. The van der Waals surface area contributed by atoms with Crippen LogP contribution in [0.25, 0.3) is 65.7 Å². The van der Waals surface area contributed by atoms with Crippen LogP contribution in [0.15, 0.2) is 200 Å². The Morgan fingerprint density at radius 1 is 0.265 bits per heavy atom. The van der Waals surface area contributed by atoms with Crippen LogP contribution in [0.5, 0.6) is 0 Å². The zero-order chi connectivity index (χ0) is 32.6. The zero-order valence-corrected chi connectivity index (χ0v) is 27.0. The average Bonchev–Trinajstić information content (AvgIpc) is 3.18. The molecule has 0 heterocycles. The summed E-state index contributed by atoms with van der Waals surface area (Å²) in [6.07, 6.45) is 0. The Morgan fingerprint density at radius 2 is 0.837 bits per heavy atom. The van der Waals surface area contributed by atoms with Gasteiger partial charge >= 0.3 is 0 Å². The van der Waals surface area contributed by atoms with E-state index in [1.165, 1.54) is 65.7 Å². The predicted octanol–water partition coefficient (Wildman–Crippen LogP) is 13.6. The van der Waals surface area contributed by atoms with Gasteiger partial charge in [0.1, 0.15) is 0 Å². The van der Waals surface area contributed by atoms with Crippen LogP contribution < -0.4 is 4.90 Å². The summed E-state index contributed by atoms with van der Waals surface area (Å²) in [7, 11) is 0. The fourth-order valence-electron chi connectivity index (χ4n) is 7.33. The second-order valence-electron chi connectivity index (χ2n) is 12.5. The molecule has 9 aromatic carbocycles. The molecule has 0 unspecified atom stereocenters. The van der Waals surface area contributed by atoms with Crippen LogP contribution in [0.4, 0.5) is 17.1 Å². The molecule has 0 amide bonds. The molecule has 0 aliphatic heterocycles. The number of anilines is 3. The van der Waals surface area contributed by atoms with Crippen LogP contribution in [-0.2, 0) is 0 Å². The van der Waals surface area contributed by atoms with Gasteiger partial charge in [0, 0.05) is 16.9 Å². The van der Waals surface area contributed by atoms with E-state index in [1.807, 2.05) is 0 Å². The number of hydrogen-bond donors (Lipinski definition) is 0. The van der Waals surface area contributed by atoms with Gasteiger partial charge in [-0.1, -0.05) is 164 Å². The first-order chi connectivity index (χ1) is 24.3. The minimum absolute atomic E-state index is 1.10. The number of para-hydroxylation sites is 1. The Labute approximate surface area is 287 Å². The minimum atomic E-state index is 1.10. The lowest BCUT2D eigenvalue weighted by Crippen LogP contribution is -2.11. The van der Waals surface area contributed by atoms with Crippen LogP contribution in [-0.4, -0.2) is 0 Å². The predicted molar refractivity (Wildman–Crippen MR) is 210 cm³/mol. The second kappa shape index (κ2) is 12.3. The normalized spacial score (nSPS) is 11.3. The van der Waals surface area contributed by atoms with Crippen molar-refractivity contribution in [2.45, 2.75) is 0 Å². The Kier molecular flexibility index (Phi) is 7.22. The maximum absolute atomic E-state index is 2.40. The van der Waals surface area contributed by atoms with Crippen LogP contribution in [0.1, 0.15) is 0 Å². The van der Waals surface area contributed by atoms with E-state index in [2.05, 4.69) is 205 Å². The van der Waals surface area contributed by atoms with Crippen molar-refractivity contribution < 1.29 is 0 Å². The van der Waals surface area contributed by atoms with E-state index in [1.54, 1.807) is 0 Å². The summed E-state index contributed by atoms with van der Waals surface area (Å²) in [6, 6.07) is 72.4. The molecule has 9 aromatic rings. The van der Waals surface area contributed by atoms with Gasteiger partial charge in [0.05, 0.1) is 5.69 Å². The second-order valence-corrected chi connectivity index (χ2v) is 12.5. The van der Waals surface area contributed by atoms with Crippen molar-refractivity contribution in [2.75, 3.05) is 4.90 Å². The van der Waals surface area contributed by atoms with Crippen molar-refractivity contribution >= 4 is 49.4 Å². The van der Waals surface area contributed by atoms with E-state index in [-0.39, 0.29) is 0 Å². The number of hydrogen-bond acceptors (Lipinski definition) is 1. The lowest BCUT2D eigenvalue weighted by molar-refractivity contribution is 1.28. The summed E-state index contributed by atoms with van der Waals surface area (Å²) >= 11 is 0. The SMILES string of the molecule is c1ccc(-c2ccccc2N(c2ccc(-c3cc4ccccc4c4ccccc34)cc2)c2cccc(-c3cccc4ccccc34)c2)cc1. The molecule has 0 aliphatic carbocycles. The van der Waals surface area contributed by atoms with E-state index in [0.29, 0.717) is 0 Å². The highest BCUT2D eigenvalue weighted by Crippen LogP contribution is 2.43. The van der Waals surface area contributed by atoms with E-state index in [9.17, 15) is 0 Å². The zero-order valence-electron chi connectivity index (χ0n) is 27.0. The molecule has 0 N–H and O–H groups in total. The van der Waals surface area contributed by atoms with E-state index < -0.39 is 0 Å². The third-order valence-corrected chi connectivity index (χ3v) is 9.64. The molecule has 230 valence electrons. The van der Waals surface area contributed by atoms with Gasteiger partial charge in [0.15, 0.2) is 0 Å². The molecule has 0 aromatic heterocycles. The quantitative estimate of drug-likeness (QED) is 0.167. The maximum atomic E-state index is 2.40. The molecule has 0 bridgehead atoms. The Balaban J connectivity index is 1.22. The number of benzene rings is 9. The summed E-state index contributed by atoms with van der Waals surface area (Å²) in [6.45, 7) is 0. The largest absolute Gasteiger partial charge is 0.310 e. The van der Waals surface area contributed by atoms with Crippen LogP contribution in [0.3, 0.4) is 0 Å². The van der Waals surface area contributed by atoms with E-state index in [0.717, 1.165) is 17.1 Å². The Bertz CT molecular complexity index is 2590. The molecule has 0 fully saturated rings. The number of nitrogens with zero attached hydrogens (tertiary/aromatic N) is 1. The highest BCUT2D eigenvalue weighted by molar-refractivity contribution is 6.13.